The van der Waals surface area contributed by atoms with Gasteiger partial charge in [-0.3, -0.25) is 9.59 Å². The Morgan fingerprint density at radius 1 is 0.806 bits per heavy atom. The molecule has 1 amide bonds. The van der Waals surface area contributed by atoms with Crippen LogP contribution in [0.5, 0.6) is 0 Å². The molecule has 0 bridgehead atoms. The van der Waals surface area contributed by atoms with E-state index in [0.29, 0.717) is 29.9 Å². The number of likely N-dealkylation sites (tertiary alicyclic amines) is 1. The molecule has 0 aliphatic carbocycles. The molecule has 4 nitrogen and oxygen atoms in total. The van der Waals surface area contributed by atoms with Gasteiger partial charge in [0.2, 0.25) is 0 Å². The second-order valence-electron chi connectivity index (χ2n) is 7.92. The first-order valence-corrected chi connectivity index (χ1v) is 10.8. The standard InChI is InChI=1S/C27H27NO3/c29-26(22-12-5-2-6-13-22)23-14-9-15-24(18-23)27(30)28-17-8-7-16-25(28)20-31-19-21-10-3-1-4-11-21/h1-6,9-15,18,25H,7-8,16-17,19-20H2. The molecule has 0 radical (unpaired) electrons. The zero-order valence-electron chi connectivity index (χ0n) is 17.6. The summed E-state index contributed by atoms with van der Waals surface area (Å²) in [4.78, 5) is 28.0. The summed E-state index contributed by atoms with van der Waals surface area (Å²) < 4.78 is 5.95. The van der Waals surface area contributed by atoms with Gasteiger partial charge in [0.1, 0.15) is 0 Å². The second kappa shape index (κ2) is 10.2. The fourth-order valence-corrected chi connectivity index (χ4v) is 4.04. The van der Waals surface area contributed by atoms with Crippen LogP contribution in [0.15, 0.2) is 84.9 Å². The van der Waals surface area contributed by atoms with Gasteiger partial charge in [0, 0.05) is 23.2 Å². The maximum absolute atomic E-state index is 13.3. The Morgan fingerprint density at radius 2 is 1.48 bits per heavy atom. The third-order valence-corrected chi connectivity index (χ3v) is 5.72. The van der Waals surface area contributed by atoms with Crippen LogP contribution >= 0.6 is 0 Å². The maximum atomic E-state index is 13.3. The van der Waals surface area contributed by atoms with Crippen molar-refractivity contribution in [2.24, 2.45) is 0 Å². The molecule has 0 spiro atoms. The van der Waals surface area contributed by atoms with E-state index in [2.05, 4.69) is 0 Å². The van der Waals surface area contributed by atoms with Crippen molar-refractivity contribution in [3.05, 3.63) is 107 Å². The van der Waals surface area contributed by atoms with Crippen LogP contribution in [0, 0.1) is 0 Å². The van der Waals surface area contributed by atoms with E-state index in [0.717, 1.165) is 31.4 Å². The van der Waals surface area contributed by atoms with Crippen molar-refractivity contribution >= 4 is 11.7 Å². The van der Waals surface area contributed by atoms with Crippen LogP contribution in [0.25, 0.3) is 0 Å². The first-order chi connectivity index (χ1) is 15.2. The predicted molar refractivity (Wildman–Crippen MR) is 121 cm³/mol. The molecule has 0 N–H and O–H groups in total. The van der Waals surface area contributed by atoms with Crippen LogP contribution in [-0.2, 0) is 11.3 Å². The minimum Gasteiger partial charge on any atom is -0.375 e. The average Bonchev–Trinajstić information content (AvgIpc) is 2.85. The number of piperidine rings is 1. The quantitative estimate of drug-likeness (QED) is 0.505. The second-order valence-corrected chi connectivity index (χ2v) is 7.92. The zero-order valence-corrected chi connectivity index (χ0v) is 17.6. The highest BCUT2D eigenvalue weighted by molar-refractivity contribution is 6.10. The van der Waals surface area contributed by atoms with Gasteiger partial charge >= 0.3 is 0 Å². The smallest absolute Gasteiger partial charge is 0.254 e. The summed E-state index contributed by atoms with van der Waals surface area (Å²) in [5.41, 5.74) is 2.84. The molecule has 3 aromatic carbocycles. The molecule has 1 fully saturated rings. The van der Waals surface area contributed by atoms with E-state index in [9.17, 15) is 9.59 Å². The van der Waals surface area contributed by atoms with Gasteiger partial charge in [-0.05, 0) is 37.0 Å². The van der Waals surface area contributed by atoms with Gasteiger partial charge in [-0.1, -0.05) is 72.8 Å². The molecule has 31 heavy (non-hydrogen) atoms. The SMILES string of the molecule is O=C(c1ccccc1)c1cccc(C(=O)N2CCCCC2COCc2ccccc2)c1. The fraction of sp³-hybridized carbons (Fsp3) is 0.259. The van der Waals surface area contributed by atoms with Gasteiger partial charge in [0.25, 0.3) is 5.91 Å². The lowest BCUT2D eigenvalue weighted by atomic mass is 9.98. The van der Waals surface area contributed by atoms with E-state index in [1.807, 2.05) is 53.4 Å². The van der Waals surface area contributed by atoms with Gasteiger partial charge in [0.15, 0.2) is 5.78 Å². The number of nitrogens with zero attached hydrogens (tertiary/aromatic N) is 1. The highest BCUT2D eigenvalue weighted by atomic mass is 16.5. The van der Waals surface area contributed by atoms with Gasteiger partial charge < -0.3 is 9.64 Å². The summed E-state index contributed by atoms with van der Waals surface area (Å²) in [6.07, 6.45) is 3.02. The molecular formula is C27H27NO3. The predicted octanol–water partition coefficient (Wildman–Crippen LogP) is 5.13. The number of hydrogen-bond donors (Lipinski definition) is 0. The molecule has 4 heteroatoms. The van der Waals surface area contributed by atoms with Crippen molar-refractivity contribution in [3.8, 4) is 0 Å². The van der Waals surface area contributed by atoms with Crippen LogP contribution in [0.2, 0.25) is 0 Å². The largest absolute Gasteiger partial charge is 0.375 e. The molecule has 4 rings (SSSR count). The molecule has 158 valence electrons. The first-order valence-electron chi connectivity index (χ1n) is 10.8. The van der Waals surface area contributed by atoms with E-state index < -0.39 is 0 Å². The summed E-state index contributed by atoms with van der Waals surface area (Å²) in [6.45, 7) is 1.78. The van der Waals surface area contributed by atoms with Gasteiger partial charge in [-0.25, -0.2) is 0 Å². The van der Waals surface area contributed by atoms with Crippen LogP contribution in [0.3, 0.4) is 0 Å². The first kappa shape index (κ1) is 21.0. The molecule has 1 heterocycles. The van der Waals surface area contributed by atoms with Crippen LogP contribution < -0.4 is 0 Å². The third-order valence-electron chi connectivity index (χ3n) is 5.72. The summed E-state index contributed by atoms with van der Waals surface area (Å²) in [7, 11) is 0. The Morgan fingerprint density at radius 3 is 2.26 bits per heavy atom. The Bertz CT molecular complexity index is 1020. The molecule has 1 unspecified atom stereocenters. The van der Waals surface area contributed by atoms with Crippen molar-refractivity contribution in [3.63, 3.8) is 0 Å². The van der Waals surface area contributed by atoms with Gasteiger partial charge in [0.05, 0.1) is 19.3 Å². The van der Waals surface area contributed by atoms with Crippen molar-refractivity contribution < 1.29 is 14.3 Å². The molecule has 1 aliphatic rings. The Balaban J connectivity index is 1.45. The van der Waals surface area contributed by atoms with Crippen molar-refractivity contribution in [2.45, 2.75) is 31.9 Å². The molecular weight excluding hydrogens is 386 g/mol. The van der Waals surface area contributed by atoms with Crippen LogP contribution in [0.4, 0.5) is 0 Å². The number of hydrogen-bond acceptors (Lipinski definition) is 3. The Hall–Kier alpha value is -3.24. The molecule has 0 saturated carbocycles. The van der Waals surface area contributed by atoms with Crippen LogP contribution in [-0.4, -0.2) is 35.8 Å². The van der Waals surface area contributed by atoms with Gasteiger partial charge in [-0.2, -0.15) is 0 Å². The Kier molecular flexibility index (Phi) is 6.90. The lowest BCUT2D eigenvalue weighted by Crippen LogP contribution is -2.46. The minimum atomic E-state index is -0.0726. The summed E-state index contributed by atoms with van der Waals surface area (Å²) in [5.74, 6) is -0.104. The van der Waals surface area contributed by atoms with E-state index in [1.165, 1.54) is 0 Å². The molecule has 1 atom stereocenters. The maximum Gasteiger partial charge on any atom is 0.254 e. The number of carbonyl (C=O) groups excluding carboxylic acids is 2. The lowest BCUT2D eigenvalue weighted by molar-refractivity contribution is 0.0269. The van der Waals surface area contributed by atoms with E-state index in [1.54, 1.807) is 36.4 Å². The van der Waals surface area contributed by atoms with Crippen molar-refractivity contribution in [1.82, 2.24) is 4.90 Å². The third kappa shape index (κ3) is 5.28. The van der Waals surface area contributed by atoms with E-state index >= 15 is 0 Å². The van der Waals surface area contributed by atoms with Crippen molar-refractivity contribution in [1.29, 1.82) is 0 Å². The summed E-state index contributed by atoms with van der Waals surface area (Å²) in [6, 6.07) is 26.3. The summed E-state index contributed by atoms with van der Waals surface area (Å²) >= 11 is 0. The normalized spacial score (nSPS) is 16.1. The van der Waals surface area contributed by atoms with Crippen LogP contribution in [0.1, 0.15) is 51.1 Å². The minimum absolute atomic E-state index is 0.0317. The molecule has 1 aliphatic heterocycles. The fourth-order valence-electron chi connectivity index (χ4n) is 4.04. The van der Waals surface area contributed by atoms with Crippen molar-refractivity contribution in [2.75, 3.05) is 13.2 Å². The monoisotopic (exact) mass is 413 g/mol. The molecule has 1 saturated heterocycles. The highest BCUT2D eigenvalue weighted by Crippen LogP contribution is 2.22. The number of benzene rings is 3. The van der Waals surface area contributed by atoms with E-state index in [4.69, 9.17) is 4.74 Å². The number of rotatable bonds is 7. The summed E-state index contributed by atoms with van der Waals surface area (Å²) in [5, 5.41) is 0. The zero-order chi connectivity index (χ0) is 21.5. The topological polar surface area (TPSA) is 46.6 Å². The average molecular weight is 414 g/mol. The Labute approximate surface area is 183 Å². The lowest BCUT2D eigenvalue weighted by Gasteiger charge is -2.35. The number of carbonyl (C=O) groups is 2. The number of amides is 1. The molecule has 0 aromatic heterocycles. The van der Waals surface area contributed by atoms with E-state index in [-0.39, 0.29) is 17.7 Å². The van der Waals surface area contributed by atoms with Gasteiger partial charge in [-0.15, -0.1) is 0 Å². The number of ether oxygens (including phenoxy) is 1. The molecule has 3 aromatic rings. The highest BCUT2D eigenvalue weighted by Gasteiger charge is 2.28. The number of ketones is 1.